The van der Waals surface area contributed by atoms with Crippen LogP contribution in [0.25, 0.3) is 0 Å². The van der Waals surface area contributed by atoms with Gasteiger partial charge in [0.25, 0.3) is 0 Å². The highest BCUT2D eigenvalue weighted by molar-refractivity contribution is 6.52. The third-order valence-electron chi connectivity index (χ3n) is 1.71. The molecule has 2 heteroatoms. The summed E-state index contributed by atoms with van der Waals surface area (Å²) in [6.45, 7) is 7.82. The lowest BCUT2D eigenvalue weighted by molar-refractivity contribution is 0.546. The van der Waals surface area contributed by atoms with Crippen LogP contribution in [0.1, 0.15) is 20.3 Å². The van der Waals surface area contributed by atoms with Gasteiger partial charge < -0.3 is 4.80 Å². The van der Waals surface area contributed by atoms with Crippen molar-refractivity contribution in [3.05, 3.63) is 12.7 Å². The maximum atomic E-state index is 9.39. The molecule has 0 radical (unpaired) electrons. The van der Waals surface area contributed by atoms with Gasteiger partial charge in [0.1, 0.15) is 0 Å². The average Bonchev–Trinajstić information content (AvgIpc) is 1.87. The molecule has 0 aromatic carbocycles. The van der Waals surface area contributed by atoms with Crippen molar-refractivity contribution in [2.24, 2.45) is 0 Å². The molecule has 0 fully saturated rings. The molecule has 0 aromatic rings. The summed E-state index contributed by atoms with van der Waals surface area (Å²) in [5, 5.41) is 0. The molecule has 2 unspecified atom stereocenters. The third kappa shape index (κ3) is 3.49. The first-order valence-electron chi connectivity index (χ1n) is 3.51. The van der Waals surface area contributed by atoms with Crippen molar-refractivity contribution in [2.75, 3.05) is 0 Å². The molecule has 0 aliphatic rings. The summed E-state index contributed by atoms with van der Waals surface area (Å²) < 4.78 is 0. The average molecular weight is 144 g/mol. The van der Waals surface area contributed by atoms with Gasteiger partial charge in [0.15, 0.2) is 9.04 Å². The van der Waals surface area contributed by atoms with Crippen LogP contribution in [0.15, 0.2) is 12.7 Å². The molecule has 1 nitrogen and oxygen atoms in total. The summed E-state index contributed by atoms with van der Waals surface area (Å²) in [6.07, 6.45) is 2.92. The van der Waals surface area contributed by atoms with Gasteiger partial charge in [0, 0.05) is 0 Å². The van der Waals surface area contributed by atoms with Gasteiger partial charge in [-0.1, -0.05) is 26.3 Å². The first-order valence-corrected chi connectivity index (χ1v) is 5.51. The topological polar surface area (TPSA) is 20.2 Å². The van der Waals surface area contributed by atoms with Crippen molar-refractivity contribution >= 4 is 9.04 Å². The van der Waals surface area contributed by atoms with Crippen molar-refractivity contribution in [3.8, 4) is 0 Å². The highest BCUT2D eigenvalue weighted by Gasteiger charge is 2.11. The Labute approximate surface area is 59.1 Å². The predicted octanol–water partition coefficient (Wildman–Crippen LogP) is 1.69. The molecule has 0 rings (SSSR count). The van der Waals surface area contributed by atoms with E-state index >= 15 is 0 Å². The van der Waals surface area contributed by atoms with Crippen LogP contribution in [0.2, 0.25) is 11.6 Å². The van der Waals surface area contributed by atoms with E-state index in [1.807, 2.05) is 6.08 Å². The van der Waals surface area contributed by atoms with E-state index in [4.69, 9.17) is 0 Å². The lowest BCUT2D eigenvalue weighted by atomic mass is 10.4. The standard InChI is InChI=1S/C7H16OSi/c1-4-6-9(8)7(3)5-2/h4,7-9H,1,5-6H2,2-3H3. The van der Waals surface area contributed by atoms with E-state index in [1.54, 1.807) is 0 Å². The number of allylic oxidation sites excluding steroid dienone is 1. The molecule has 0 saturated heterocycles. The highest BCUT2D eigenvalue weighted by Crippen LogP contribution is 2.14. The van der Waals surface area contributed by atoms with E-state index in [2.05, 4.69) is 20.4 Å². The first-order chi connectivity index (χ1) is 4.22. The van der Waals surface area contributed by atoms with Crippen molar-refractivity contribution in [3.63, 3.8) is 0 Å². The Morgan fingerprint density at radius 2 is 2.33 bits per heavy atom. The van der Waals surface area contributed by atoms with Crippen LogP contribution < -0.4 is 0 Å². The van der Waals surface area contributed by atoms with Gasteiger partial charge in [-0.2, -0.15) is 0 Å². The zero-order valence-corrected chi connectivity index (χ0v) is 7.46. The van der Waals surface area contributed by atoms with Crippen LogP contribution in [-0.4, -0.2) is 13.8 Å². The molecule has 0 aliphatic heterocycles. The molecule has 0 saturated carbocycles. The second-order valence-corrected chi connectivity index (χ2v) is 5.22. The summed E-state index contributed by atoms with van der Waals surface area (Å²) >= 11 is 0. The van der Waals surface area contributed by atoms with E-state index < -0.39 is 9.04 Å². The Bertz CT molecular complexity index is 83.0. The fourth-order valence-electron chi connectivity index (χ4n) is 0.675. The highest BCUT2D eigenvalue weighted by atomic mass is 28.3. The molecule has 9 heavy (non-hydrogen) atoms. The summed E-state index contributed by atoms with van der Waals surface area (Å²) in [7, 11) is -1.41. The van der Waals surface area contributed by atoms with Crippen molar-refractivity contribution < 1.29 is 4.80 Å². The summed E-state index contributed by atoms with van der Waals surface area (Å²) in [4.78, 5) is 9.39. The van der Waals surface area contributed by atoms with Gasteiger partial charge in [-0.3, -0.25) is 0 Å². The molecule has 2 atom stereocenters. The van der Waals surface area contributed by atoms with E-state index in [1.165, 1.54) is 0 Å². The molecular formula is C7H16OSi. The zero-order valence-electron chi connectivity index (χ0n) is 6.30. The van der Waals surface area contributed by atoms with Gasteiger partial charge in [-0.25, -0.2) is 0 Å². The summed E-state index contributed by atoms with van der Waals surface area (Å²) in [6, 6.07) is 0.856. The van der Waals surface area contributed by atoms with Crippen molar-refractivity contribution in [2.45, 2.75) is 31.9 Å². The van der Waals surface area contributed by atoms with Gasteiger partial charge in [-0.05, 0) is 11.6 Å². The lowest BCUT2D eigenvalue weighted by Crippen LogP contribution is -2.16. The van der Waals surface area contributed by atoms with E-state index in [0.717, 1.165) is 12.5 Å². The zero-order chi connectivity index (χ0) is 7.28. The molecular weight excluding hydrogens is 128 g/mol. The molecule has 1 N–H and O–H groups in total. The summed E-state index contributed by atoms with van der Waals surface area (Å²) in [5.41, 5.74) is 0.544. The molecule has 0 aliphatic carbocycles. The SMILES string of the molecule is C=CC[SiH](O)C(C)CC. The van der Waals surface area contributed by atoms with E-state index in [9.17, 15) is 4.80 Å². The van der Waals surface area contributed by atoms with Crippen LogP contribution >= 0.6 is 0 Å². The second-order valence-electron chi connectivity index (χ2n) is 2.48. The van der Waals surface area contributed by atoms with Crippen LogP contribution in [0.4, 0.5) is 0 Å². The van der Waals surface area contributed by atoms with Crippen molar-refractivity contribution in [1.82, 2.24) is 0 Å². The minimum Gasteiger partial charge on any atom is -0.434 e. The van der Waals surface area contributed by atoms with E-state index in [-0.39, 0.29) is 0 Å². The van der Waals surface area contributed by atoms with Crippen LogP contribution in [0, 0.1) is 0 Å². The largest absolute Gasteiger partial charge is 0.434 e. The molecule has 0 heterocycles. The van der Waals surface area contributed by atoms with Gasteiger partial charge in [-0.15, -0.1) is 6.58 Å². The monoisotopic (exact) mass is 144 g/mol. The Hall–Kier alpha value is -0.0831. The fourth-order valence-corrected chi connectivity index (χ4v) is 2.03. The second kappa shape index (κ2) is 4.76. The van der Waals surface area contributed by atoms with Gasteiger partial charge in [0.05, 0.1) is 0 Å². The normalized spacial score (nSPS) is 16.8. The Morgan fingerprint density at radius 1 is 1.78 bits per heavy atom. The van der Waals surface area contributed by atoms with E-state index in [0.29, 0.717) is 5.54 Å². The minimum atomic E-state index is -1.41. The van der Waals surface area contributed by atoms with Crippen molar-refractivity contribution in [1.29, 1.82) is 0 Å². The maximum Gasteiger partial charge on any atom is 0.179 e. The molecule has 0 amide bonds. The minimum absolute atomic E-state index is 0.544. The number of rotatable bonds is 4. The Balaban J connectivity index is 3.44. The molecule has 0 spiro atoms. The Morgan fingerprint density at radius 3 is 2.67 bits per heavy atom. The van der Waals surface area contributed by atoms with Crippen LogP contribution in [-0.2, 0) is 0 Å². The predicted molar refractivity (Wildman–Crippen MR) is 44.1 cm³/mol. The smallest absolute Gasteiger partial charge is 0.179 e. The quantitative estimate of drug-likeness (QED) is 0.470. The van der Waals surface area contributed by atoms with Crippen LogP contribution in [0.5, 0.6) is 0 Å². The first kappa shape index (κ1) is 8.92. The van der Waals surface area contributed by atoms with Gasteiger partial charge >= 0.3 is 0 Å². The fraction of sp³-hybridized carbons (Fsp3) is 0.714. The number of hydrogen-bond donors (Lipinski definition) is 1. The maximum absolute atomic E-state index is 9.39. The third-order valence-corrected chi connectivity index (χ3v) is 4.31. The summed E-state index contributed by atoms with van der Waals surface area (Å²) in [5.74, 6) is 0. The molecule has 0 aromatic heterocycles. The number of hydrogen-bond acceptors (Lipinski definition) is 1. The Kier molecular flexibility index (Phi) is 4.72. The molecule has 54 valence electrons. The molecule has 0 bridgehead atoms. The van der Waals surface area contributed by atoms with Gasteiger partial charge in [0.2, 0.25) is 0 Å². The lowest BCUT2D eigenvalue weighted by Gasteiger charge is -2.11. The van der Waals surface area contributed by atoms with Crippen LogP contribution in [0.3, 0.4) is 0 Å².